The van der Waals surface area contributed by atoms with Crippen molar-refractivity contribution < 1.29 is 0 Å². The molecule has 0 unspecified atom stereocenters. The van der Waals surface area contributed by atoms with E-state index in [1.54, 1.807) is 0 Å². The second-order valence-corrected chi connectivity index (χ2v) is 4.96. The summed E-state index contributed by atoms with van der Waals surface area (Å²) in [6.07, 6.45) is 3.39. The van der Waals surface area contributed by atoms with E-state index in [9.17, 15) is 0 Å². The van der Waals surface area contributed by atoms with E-state index in [4.69, 9.17) is 28.9 Å². The highest BCUT2D eigenvalue weighted by Gasteiger charge is 2.41. The average molecular weight is 230 g/mol. The number of hydrogen-bond donors (Lipinski definition) is 1. The minimum absolute atomic E-state index is 0.314. The molecule has 1 aliphatic rings. The lowest BCUT2D eigenvalue weighted by molar-refractivity contribution is 0.521. The Morgan fingerprint density at radius 1 is 1.29 bits per heavy atom. The van der Waals surface area contributed by atoms with E-state index in [1.165, 1.54) is 12.8 Å². The standard InChI is InChI=1S/C11H13Cl2N/c12-9-1-2-10(13)8(5-9)6-11(7-14)3-4-11/h1-2,5H,3-4,6-7,14H2. The molecule has 0 amide bonds. The zero-order chi connectivity index (χ0) is 10.2. The molecule has 1 fully saturated rings. The van der Waals surface area contributed by atoms with Gasteiger partial charge in [0.25, 0.3) is 0 Å². The quantitative estimate of drug-likeness (QED) is 0.847. The van der Waals surface area contributed by atoms with Crippen LogP contribution in [0.3, 0.4) is 0 Å². The molecular weight excluding hydrogens is 217 g/mol. The van der Waals surface area contributed by atoms with E-state index in [-0.39, 0.29) is 0 Å². The summed E-state index contributed by atoms with van der Waals surface area (Å²) in [6.45, 7) is 0.746. The van der Waals surface area contributed by atoms with Gasteiger partial charge in [-0.15, -0.1) is 0 Å². The van der Waals surface area contributed by atoms with Crippen LogP contribution in [0.4, 0.5) is 0 Å². The molecule has 2 rings (SSSR count). The van der Waals surface area contributed by atoms with Gasteiger partial charge in [0.05, 0.1) is 0 Å². The van der Waals surface area contributed by atoms with Crippen molar-refractivity contribution in [2.24, 2.45) is 11.1 Å². The Kier molecular flexibility index (Phi) is 2.74. The van der Waals surface area contributed by atoms with E-state index in [2.05, 4.69) is 0 Å². The second-order valence-electron chi connectivity index (χ2n) is 4.12. The Morgan fingerprint density at radius 2 is 2.00 bits per heavy atom. The molecule has 1 aliphatic carbocycles. The third kappa shape index (κ3) is 2.05. The lowest BCUT2D eigenvalue weighted by atomic mass is 9.97. The summed E-state index contributed by atoms with van der Waals surface area (Å²) in [5.74, 6) is 0. The molecule has 1 aromatic carbocycles. The Hall–Kier alpha value is -0.240. The first kappa shape index (κ1) is 10.3. The van der Waals surface area contributed by atoms with E-state index in [1.807, 2.05) is 18.2 Å². The molecule has 1 aromatic rings. The van der Waals surface area contributed by atoms with Crippen molar-refractivity contribution in [1.82, 2.24) is 0 Å². The molecule has 0 radical (unpaired) electrons. The fraction of sp³-hybridized carbons (Fsp3) is 0.455. The van der Waals surface area contributed by atoms with Gasteiger partial charge in [0.1, 0.15) is 0 Å². The molecule has 0 bridgehead atoms. The zero-order valence-corrected chi connectivity index (χ0v) is 9.41. The normalized spacial score (nSPS) is 18.2. The van der Waals surface area contributed by atoms with Crippen LogP contribution in [0.15, 0.2) is 18.2 Å². The first-order valence-electron chi connectivity index (χ1n) is 4.79. The summed E-state index contributed by atoms with van der Waals surface area (Å²) in [7, 11) is 0. The molecule has 1 saturated carbocycles. The molecule has 0 spiro atoms. The van der Waals surface area contributed by atoms with Crippen LogP contribution in [0.2, 0.25) is 10.0 Å². The van der Waals surface area contributed by atoms with Crippen molar-refractivity contribution in [2.45, 2.75) is 19.3 Å². The van der Waals surface area contributed by atoms with Gasteiger partial charge in [-0.05, 0) is 55.0 Å². The highest BCUT2D eigenvalue weighted by Crippen LogP contribution is 2.48. The van der Waals surface area contributed by atoms with Crippen LogP contribution < -0.4 is 5.73 Å². The van der Waals surface area contributed by atoms with E-state index >= 15 is 0 Å². The Bertz CT molecular complexity index is 345. The molecule has 0 heterocycles. The van der Waals surface area contributed by atoms with Crippen molar-refractivity contribution in [1.29, 1.82) is 0 Å². The van der Waals surface area contributed by atoms with Crippen LogP contribution in [-0.2, 0) is 6.42 Å². The van der Waals surface area contributed by atoms with Crippen LogP contribution >= 0.6 is 23.2 Å². The molecule has 0 aromatic heterocycles. The SMILES string of the molecule is NCC1(Cc2cc(Cl)ccc2Cl)CC1. The van der Waals surface area contributed by atoms with E-state index in [0.717, 1.165) is 28.6 Å². The van der Waals surface area contributed by atoms with Crippen LogP contribution in [0, 0.1) is 5.41 Å². The highest BCUT2D eigenvalue weighted by atomic mass is 35.5. The van der Waals surface area contributed by atoms with Crippen molar-refractivity contribution >= 4 is 23.2 Å². The van der Waals surface area contributed by atoms with Gasteiger partial charge in [0.15, 0.2) is 0 Å². The summed E-state index contributed by atoms with van der Waals surface area (Å²) >= 11 is 12.0. The van der Waals surface area contributed by atoms with Crippen molar-refractivity contribution in [3.63, 3.8) is 0 Å². The molecule has 0 saturated heterocycles. The number of benzene rings is 1. The average Bonchev–Trinajstić information content (AvgIpc) is 2.92. The largest absolute Gasteiger partial charge is 0.330 e. The van der Waals surface area contributed by atoms with Gasteiger partial charge < -0.3 is 5.73 Å². The summed E-state index contributed by atoms with van der Waals surface area (Å²) in [4.78, 5) is 0. The van der Waals surface area contributed by atoms with Crippen LogP contribution in [0.25, 0.3) is 0 Å². The summed E-state index contributed by atoms with van der Waals surface area (Å²) in [5, 5.41) is 1.55. The third-order valence-electron chi connectivity index (χ3n) is 2.96. The van der Waals surface area contributed by atoms with Crippen LogP contribution in [-0.4, -0.2) is 6.54 Å². The maximum absolute atomic E-state index is 6.09. The molecule has 0 aliphatic heterocycles. The topological polar surface area (TPSA) is 26.0 Å². The zero-order valence-electron chi connectivity index (χ0n) is 7.89. The summed E-state index contributed by atoms with van der Waals surface area (Å²) in [5.41, 5.74) is 7.17. The van der Waals surface area contributed by atoms with Gasteiger partial charge in [-0.2, -0.15) is 0 Å². The molecule has 0 atom stereocenters. The van der Waals surface area contributed by atoms with Crippen molar-refractivity contribution in [3.8, 4) is 0 Å². The number of rotatable bonds is 3. The molecule has 14 heavy (non-hydrogen) atoms. The van der Waals surface area contributed by atoms with Crippen LogP contribution in [0.5, 0.6) is 0 Å². The lowest BCUT2D eigenvalue weighted by Gasteiger charge is -2.13. The van der Waals surface area contributed by atoms with Crippen molar-refractivity contribution in [2.75, 3.05) is 6.54 Å². The molecule has 76 valence electrons. The van der Waals surface area contributed by atoms with Gasteiger partial charge in [0.2, 0.25) is 0 Å². The maximum Gasteiger partial charge on any atom is 0.0439 e. The van der Waals surface area contributed by atoms with Gasteiger partial charge in [-0.25, -0.2) is 0 Å². The Labute approximate surface area is 94.2 Å². The third-order valence-corrected chi connectivity index (χ3v) is 3.57. The molecule has 3 heteroatoms. The monoisotopic (exact) mass is 229 g/mol. The van der Waals surface area contributed by atoms with E-state index < -0.39 is 0 Å². The molecular formula is C11H13Cl2N. The Balaban J connectivity index is 2.20. The van der Waals surface area contributed by atoms with E-state index in [0.29, 0.717) is 5.41 Å². The predicted molar refractivity (Wildman–Crippen MR) is 60.9 cm³/mol. The first-order valence-corrected chi connectivity index (χ1v) is 5.55. The lowest BCUT2D eigenvalue weighted by Crippen LogP contribution is -2.18. The maximum atomic E-state index is 6.09. The van der Waals surface area contributed by atoms with Gasteiger partial charge in [-0.3, -0.25) is 0 Å². The predicted octanol–water partition coefficient (Wildman–Crippen LogP) is 3.27. The minimum atomic E-state index is 0.314. The first-order chi connectivity index (χ1) is 6.65. The highest BCUT2D eigenvalue weighted by molar-refractivity contribution is 6.33. The smallest absolute Gasteiger partial charge is 0.0439 e. The fourth-order valence-electron chi connectivity index (χ4n) is 1.71. The van der Waals surface area contributed by atoms with Crippen molar-refractivity contribution in [3.05, 3.63) is 33.8 Å². The number of halogens is 2. The minimum Gasteiger partial charge on any atom is -0.330 e. The van der Waals surface area contributed by atoms with Gasteiger partial charge in [-0.1, -0.05) is 23.2 Å². The molecule has 2 N–H and O–H groups in total. The summed E-state index contributed by atoms with van der Waals surface area (Å²) < 4.78 is 0. The fourth-order valence-corrected chi connectivity index (χ4v) is 2.09. The molecule has 1 nitrogen and oxygen atoms in total. The van der Waals surface area contributed by atoms with Gasteiger partial charge >= 0.3 is 0 Å². The summed E-state index contributed by atoms with van der Waals surface area (Å²) in [6, 6.07) is 5.61. The van der Waals surface area contributed by atoms with Crippen LogP contribution in [0.1, 0.15) is 18.4 Å². The Morgan fingerprint density at radius 3 is 2.57 bits per heavy atom. The second kappa shape index (κ2) is 3.73. The number of hydrogen-bond acceptors (Lipinski definition) is 1. The number of nitrogens with two attached hydrogens (primary N) is 1. The van der Waals surface area contributed by atoms with Gasteiger partial charge in [0, 0.05) is 10.0 Å².